The molecule has 1 N–H and O–H groups in total. The van der Waals surface area contributed by atoms with Crippen molar-refractivity contribution >= 4 is 18.3 Å². The summed E-state index contributed by atoms with van der Waals surface area (Å²) in [5.41, 5.74) is 1.78. The number of hydrogen-bond donors (Lipinski definition) is 1. The molecule has 21 heavy (non-hydrogen) atoms. The molecule has 1 fully saturated rings. The van der Waals surface area contributed by atoms with Gasteiger partial charge in [0.1, 0.15) is 5.75 Å². The number of halogens is 1. The lowest BCUT2D eigenvalue weighted by atomic mass is 10.0. The SMILES string of the molecule is CCOc1cc(C(=O)N2CCCC(NC)C2)ccc1C.Cl. The van der Waals surface area contributed by atoms with E-state index in [2.05, 4.69) is 5.32 Å². The minimum absolute atomic E-state index is 0. The third-order valence-electron chi connectivity index (χ3n) is 3.85. The van der Waals surface area contributed by atoms with Crippen molar-refractivity contribution in [2.75, 3.05) is 26.7 Å². The van der Waals surface area contributed by atoms with Gasteiger partial charge in [-0.25, -0.2) is 0 Å². The molecule has 0 saturated carbocycles. The topological polar surface area (TPSA) is 41.6 Å². The van der Waals surface area contributed by atoms with Crippen LogP contribution >= 0.6 is 12.4 Å². The molecule has 1 aromatic rings. The number of benzene rings is 1. The molecule has 1 aliphatic rings. The zero-order valence-corrected chi connectivity index (χ0v) is 13.8. The second kappa shape index (κ2) is 8.25. The number of likely N-dealkylation sites (tertiary alicyclic amines) is 1. The number of amides is 1. The average molecular weight is 313 g/mol. The van der Waals surface area contributed by atoms with E-state index in [0.717, 1.165) is 42.8 Å². The number of aryl methyl sites for hydroxylation is 1. The molecular weight excluding hydrogens is 288 g/mol. The van der Waals surface area contributed by atoms with E-state index in [1.54, 1.807) is 0 Å². The average Bonchev–Trinajstić information content (AvgIpc) is 2.49. The van der Waals surface area contributed by atoms with Gasteiger partial charge in [-0.15, -0.1) is 12.4 Å². The summed E-state index contributed by atoms with van der Waals surface area (Å²) in [5.74, 6) is 0.909. The fraction of sp³-hybridized carbons (Fsp3) is 0.562. The minimum atomic E-state index is 0. The van der Waals surface area contributed by atoms with Crippen molar-refractivity contribution < 1.29 is 9.53 Å². The number of nitrogens with zero attached hydrogens (tertiary/aromatic N) is 1. The molecule has 0 spiro atoms. The van der Waals surface area contributed by atoms with Crippen LogP contribution in [-0.4, -0.2) is 43.6 Å². The van der Waals surface area contributed by atoms with E-state index in [1.165, 1.54) is 0 Å². The van der Waals surface area contributed by atoms with E-state index < -0.39 is 0 Å². The molecule has 1 aliphatic heterocycles. The van der Waals surface area contributed by atoms with Crippen LogP contribution in [0.3, 0.4) is 0 Å². The molecule has 1 amide bonds. The smallest absolute Gasteiger partial charge is 0.254 e. The fourth-order valence-corrected chi connectivity index (χ4v) is 2.62. The van der Waals surface area contributed by atoms with Gasteiger partial charge in [-0.1, -0.05) is 6.07 Å². The largest absolute Gasteiger partial charge is 0.494 e. The van der Waals surface area contributed by atoms with Crippen molar-refractivity contribution in [1.29, 1.82) is 0 Å². The maximum atomic E-state index is 12.6. The molecule has 1 saturated heterocycles. The van der Waals surface area contributed by atoms with E-state index in [-0.39, 0.29) is 18.3 Å². The van der Waals surface area contributed by atoms with Crippen LogP contribution in [0.15, 0.2) is 18.2 Å². The molecule has 1 unspecified atom stereocenters. The first kappa shape index (κ1) is 17.8. The molecule has 5 heteroatoms. The zero-order chi connectivity index (χ0) is 14.5. The van der Waals surface area contributed by atoms with E-state index >= 15 is 0 Å². The Morgan fingerprint density at radius 3 is 2.90 bits per heavy atom. The highest BCUT2D eigenvalue weighted by molar-refractivity contribution is 5.94. The number of carbonyl (C=O) groups is 1. The van der Waals surface area contributed by atoms with Crippen LogP contribution in [0.25, 0.3) is 0 Å². The molecule has 0 aliphatic carbocycles. The molecule has 1 heterocycles. The number of ether oxygens (including phenoxy) is 1. The number of nitrogens with one attached hydrogen (secondary N) is 1. The van der Waals surface area contributed by atoms with Crippen molar-refractivity contribution in [1.82, 2.24) is 10.2 Å². The lowest BCUT2D eigenvalue weighted by Gasteiger charge is -2.32. The van der Waals surface area contributed by atoms with Crippen LogP contribution in [0.2, 0.25) is 0 Å². The summed E-state index contributed by atoms with van der Waals surface area (Å²) >= 11 is 0. The Hall–Kier alpha value is -1.26. The van der Waals surface area contributed by atoms with Crippen molar-refractivity contribution in [2.45, 2.75) is 32.7 Å². The van der Waals surface area contributed by atoms with Crippen LogP contribution in [0, 0.1) is 6.92 Å². The minimum Gasteiger partial charge on any atom is -0.494 e. The molecule has 0 radical (unpaired) electrons. The standard InChI is InChI=1S/C16H24N2O2.ClH/c1-4-20-15-10-13(8-7-12(15)2)16(19)18-9-5-6-14(11-18)17-3;/h7-8,10,14,17H,4-6,9,11H2,1-3H3;1H. The highest BCUT2D eigenvalue weighted by Crippen LogP contribution is 2.21. The summed E-state index contributed by atoms with van der Waals surface area (Å²) in [6, 6.07) is 6.12. The molecule has 1 aromatic carbocycles. The van der Waals surface area contributed by atoms with Gasteiger partial charge in [0.05, 0.1) is 6.61 Å². The molecule has 1 atom stereocenters. The zero-order valence-electron chi connectivity index (χ0n) is 13.0. The predicted octanol–water partition coefficient (Wildman–Crippen LogP) is 2.64. The summed E-state index contributed by atoms with van der Waals surface area (Å²) in [6.07, 6.45) is 2.19. The highest BCUT2D eigenvalue weighted by atomic mass is 35.5. The monoisotopic (exact) mass is 312 g/mol. The van der Waals surface area contributed by atoms with Gasteiger partial charge >= 0.3 is 0 Å². The van der Waals surface area contributed by atoms with Gasteiger partial charge in [0.15, 0.2) is 0 Å². The van der Waals surface area contributed by atoms with Gasteiger partial charge in [-0.2, -0.15) is 0 Å². The normalized spacial score (nSPS) is 18.0. The maximum absolute atomic E-state index is 12.6. The third kappa shape index (κ3) is 4.35. The second-order valence-electron chi connectivity index (χ2n) is 5.29. The van der Waals surface area contributed by atoms with Crippen molar-refractivity contribution in [3.05, 3.63) is 29.3 Å². The Morgan fingerprint density at radius 1 is 1.48 bits per heavy atom. The molecule has 0 aromatic heterocycles. The predicted molar refractivity (Wildman–Crippen MR) is 87.6 cm³/mol. The van der Waals surface area contributed by atoms with Crippen LogP contribution in [0.4, 0.5) is 0 Å². The lowest BCUT2D eigenvalue weighted by Crippen LogP contribution is -2.46. The van der Waals surface area contributed by atoms with Crippen LogP contribution in [0.5, 0.6) is 5.75 Å². The number of hydrogen-bond acceptors (Lipinski definition) is 3. The van der Waals surface area contributed by atoms with Crippen molar-refractivity contribution in [3.8, 4) is 5.75 Å². The summed E-state index contributed by atoms with van der Waals surface area (Å²) in [7, 11) is 1.96. The number of piperidine rings is 1. The maximum Gasteiger partial charge on any atom is 0.254 e. The van der Waals surface area contributed by atoms with Gasteiger partial charge in [-0.05, 0) is 51.4 Å². The van der Waals surface area contributed by atoms with Crippen LogP contribution < -0.4 is 10.1 Å². The number of likely N-dealkylation sites (N-methyl/N-ethyl adjacent to an activating group) is 1. The third-order valence-corrected chi connectivity index (χ3v) is 3.85. The van der Waals surface area contributed by atoms with E-state index in [1.807, 2.05) is 44.0 Å². The lowest BCUT2D eigenvalue weighted by molar-refractivity contribution is 0.0697. The molecule has 0 bridgehead atoms. The Balaban J connectivity index is 0.00000220. The van der Waals surface area contributed by atoms with Gasteiger partial charge in [0, 0.05) is 24.7 Å². The Kier molecular flexibility index (Phi) is 6.99. The van der Waals surface area contributed by atoms with E-state index in [0.29, 0.717) is 12.6 Å². The quantitative estimate of drug-likeness (QED) is 0.929. The number of carbonyl (C=O) groups excluding carboxylic acids is 1. The summed E-state index contributed by atoms with van der Waals surface area (Å²) < 4.78 is 5.57. The molecule has 4 nitrogen and oxygen atoms in total. The van der Waals surface area contributed by atoms with Crippen LogP contribution in [-0.2, 0) is 0 Å². The second-order valence-corrected chi connectivity index (χ2v) is 5.29. The van der Waals surface area contributed by atoms with Gasteiger partial charge in [0.2, 0.25) is 0 Å². The molecule has 118 valence electrons. The van der Waals surface area contributed by atoms with Crippen molar-refractivity contribution in [2.24, 2.45) is 0 Å². The Bertz CT molecular complexity index is 479. The first-order chi connectivity index (χ1) is 9.65. The summed E-state index contributed by atoms with van der Waals surface area (Å²) in [4.78, 5) is 14.5. The fourth-order valence-electron chi connectivity index (χ4n) is 2.62. The van der Waals surface area contributed by atoms with Gasteiger partial charge in [-0.3, -0.25) is 4.79 Å². The number of rotatable bonds is 4. The molecular formula is C16H25ClN2O2. The first-order valence-electron chi connectivity index (χ1n) is 7.35. The van der Waals surface area contributed by atoms with E-state index in [9.17, 15) is 4.79 Å². The summed E-state index contributed by atoms with van der Waals surface area (Å²) in [6.45, 7) is 6.19. The Labute approximate surface area is 133 Å². The van der Waals surface area contributed by atoms with Crippen LogP contribution in [0.1, 0.15) is 35.7 Å². The summed E-state index contributed by atoms with van der Waals surface area (Å²) in [5, 5.41) is 3.26. The highest BCUT2D eigenvalue weighted by Gasteiger charge is 2.23. The van der Waals surface area contributed by atoms with Gasteiger partial charge in [0.25, 0.3) is 5.91 Å². The molecule has 2 rings (SSSR count). The Morgan fingerprint density at radius 2 is 2.24 bits per heavy atom. The van der Waals surface area contributed by atoms with Crippen molar-refractivity contribution in [3.63, 3.8) is 0 Å². The first-order valence-corrected chi connectivity index (χ1v) is 7.35. The van der Waals surface area contributed by atoms with E-state index in [4.69, 9.17) is 4.74 Å². The van der Waals surface area contributed by atoms with Gasteiger partial charge < -0.3 is 15.0 Å².